The van der Waals surface area contributed by atoms with Gasteiger partial charge in [-0.15, -0.1) is 12.4 Å². The second-order valence-corrected chi connectivity index (χ2v) is 6.75. The second-order valence-electron chi connectivity index (χ2n) is 6.75. The van der Waals surface area contributed by atoms with E-state index < -0.39 is 5.54 Å². The predicted molar refractivity (Wildman–Crippen MR) is 89.2 cm³/mol. The molecular weight excluding hydrogens is 316 g/mol. The fourth-order valence-electron chi connectivity index (χ4n) is 3.59. The Hall–Kier alpha value is -1.14. The molecule has 6 nitrogen and oxygen atoms in total. The molecule has 2 aliphatic carbocycles. The van der Waals surface area contributed by atoms with Crippen molar-refractivity contribution < 1.29 is 9.32 Å². The van der Waals surface area contributed by atoms with Crippen LogP contribution in [0.4, 0.5) is 0 Å². The lowest BCUT2D eigenvalue weighted by atomic mass is 9.89. The highest BCUT2D eigenvalue weighted by Gasteiger charge is 2.35. The van der Waals surface area contributed by atoms with E-state index in [0.29, 0.717) is 24.7 Å². The number of hydrogen-bond acceptors (Lipinski definition) is 5. The Kier molecular flexibility index (Phi) is 6.41. The zero-order valence-electron chi connectivity index (χ0n) is 13.6. The molecule has 2 aliphatic rings. The zero-order valence-corrected chi connectivity index (χ0v) is 14.4. The highest BCUT2D eigenvalue weighted by atomic mass is 35.5. The molecule has 0 radical (unpaired) electrons. The van der Waals surface area contributed by atoms with Gasteiger partial charge in [0.1, 0.15) is 0 Å². The number of rotatable bonds is 5. The molecule has 1 amide bonds. The van der Waals surface area contributed by atoms with Gasteiger partial charge in [0.25, 0.3) is 0 Å². The van der Waals surface area contributed by atoms with E-state index in [1.54, 1.807) is 0 Å². The second kappa shape index (κ2) is 8.11. The topological polar surface area (TPSA) is 94.0 Å². The standard InChI is InChI=1S/C16H26N4O2.ClH/c17-16(9-4-5-10-16)15-19-13(22-20-15)8-11-18-14(21)12-6-2-1-3-7-12;/h12H,1-11,17H2,(H,18,21);1H. The van der Waals surface area contributed by atoms with Crippen molar-refractivity contribution in [2.75, 3.05) is 6.54 Å². The van der Waals surface area contributed by atoms with Crippen LogP contribution in [0.3, 0.4) is 0 Å². The maximum atomic E-state index is 12.1. The molecule has 0 aromatic carbocycles. The average molecular weight is 343 g/mol. The van der Waals surface area contributed by atoms with Crippen LogP contribution in [0.25, 0.3) is 0 Å². The summed E-state index contributed by atoms with van der Waals surface area (Å²) in [5.74, 6) is 1.55. The van der Waals surface area contributed by atoms with Gasteiger partial charge < -0.3 is 15.6 Å². The third-order valence-corrected chi connectivity index (χ3v) is 5.02. The summed E-state index contributed by atoms with van der Waals surface area (Å²) in [5.41, 5.74) is 5.90. The fraction of sp³-hybridized carbons (Fsp3) is 0.812. The number of amides is 1. The van der Waals surface area contributed by atoms with E-state index in [0.717, 1.165) is 38.5 Å². The van der Waals surface area contributed by atoms with Gasteiger partial charge >= 0.3 is 0 Å². The number of carbonyl (C=O) groups excluding carboxylic acids is 1. The normalized spacial score (nSPS) is 20.9. The minimum absolute atomic E-state index is 0. The summed E-state index contributed by atoms with van der Waals surface area (Å²) in [6, 6.07) is 0. The predicted octanol–water partition coefficient (Wildman–Crippen LogP) is 2.46. The van der Waals surface area contributed by atoms with Crippen molar-refractivity contribution in [1.82, 2.24) is 15.5 Å². The first-order chi connectivity index (χ1) is 10.7. The number of halogens is 1. The van der Waals surface area contributed by atoms with Gasteiger partial charge in [-0.05, 0) is 25.7 Å². The van der Waals surface area contributed by atoms with Crippen LogP contribution in [0.2, 0.25) is 0 Å². The van der Waals surface area contributed by atoms with Gasteiger partial charge in [0.15, 0.2) is 5.82 Å². The Morgan fingerprint density at radius 3 is 2.61 bits per heavy atom. The van der Waals surface area contributed by atoms with Crippen molar-refractivity contribution in [3.8, 4) is 0 Å². The lowest BCUT2D eigenvalue weighted by molar-refractivity contribution is -0.125. The third kappa shape index (κ3) is 4.44. The van der Waals surface area contributed by atoms with Gasteiger partial charge in [0.2, 0.25) is 11.8 Å². The molecule has 1 aromatic heterocycles. The molecule has 0 atom stereocenters. The molecule has 2 fully saturated rings. The smallest absolute Gasteiger partial charge is 0.228 e. The molecule has 2 saturated carbocycles. The van der Waals surface area contributed by atoms with E-state index in [1.165, 1.54) is 19.3 Å². The summed E-state index contributed by atoms with van der Waals surface area (Å²) < 4.78 is 5.28. The number of carbonyl (C=O) groups is 1. The summed E-state index contributed by atoms with van der Waals surface area (Å²) in [6.45, 7) is 0.550. The van der Waals surface area contributed by atoms with E-state index in [2.05, 4.69) is 15.5 Å². The third-order valence-electron chi connectivity index (χ3n) is 5.02. The molecule has 3 rings (SSSR count). The molecule has 130 valence electrons. The first kappa shape index (κ1) is 18.2. The van der Waals surface area contributed by atoms with Crippen molar-refractivity contribution in [1.29, 1.82) is 0 Å². The van der Waals surface area contributed by atoms with Crippen molar-refractivity contribution in [2.24, 2.45) is 11.7 Å². The maximum absolute atomic E-state index is 12.1. The first-order valence-corrected chi connectivity index (χ1v) is 8.57. The molecule has 0 unspecified atom stereocenters. The zero-order chi connectivity index (χ0) is 15.4. The Bertz CT molecular complexity index is 508. The minimum Gasteiger partial charge on any atom is -0.355 e. The quantitative estimate of drug-likeness (QED) is 0.857. The lowest BCUT2D eigenvalue weighted by Gasteiger charge is -2.20. The van der Waals surface area contributed by atoms with Gasteiger partial charge in [-0.3, -0.25) is 4.79 Å². The van der Waals surface area contributed by atoms with Gasteiger partial charge in [-0.1, -0.05) is 37.3 Å². The Morgan fingerprint density at radius 1 is 1.22 bits per heavy atom. The van der Waals surface area contributed by atoms with Gasteiger partial charge in [0.05, 0.1) is 5.54 Å². The first-order valence-electron chi connectivity index (χ1n) is 8.57. The van der Waals surface area contributed by atoms with Crippen molar-refractivity contribution in [2.45, 2.75) is 69.7 Å². The Labute approximate surface area is 143 Å². The van der Waals surface area contributed by atoms with Crippen molar-refractivity contribution in [3.05, 3.63) is 11.7 Å². The summed E-state index contributed by atoms with van der Waals surface area (Å²) in [5, 5.41) is 7.02. The Balaban J connectivity index is 0.00000192. The molecule has 0 bridgehead atoms. The molecule has 0 spiro atoms. The van der Waals surface area contributed by atoms with E-state index in [9.17, 15) is 4.79 Å². The van der Waals surface area contributed by atoms with E-state index in [1.807, 2.05) is 0 Å². The van der Waals surface area contributed by atoms with Crippen molar-refractivity contribution in [3.63, 3.8) is 0 Å². The molecular formula is C16H27ClN4O2. The molecule has 0 saturated heterocycles. The molecule has 1 heterocycles. The van der Waals surface area contributed by atoms with Gasteiger partial charge in [0, 0.05) is 18.9 Å². The van der Waals surface area contributed by atoms with Crippen LogP contribution >= 0.6 is 12.4 Å². The summed E-state index contributed by atoms with van der Waals surface area (Å²) in [6.07, 6.45) is 10.3. The highest BCUT2D eigenvalue weighted by molar-refractivity contribution is 5.85. The monoisotopic (exact) mass is 342 g/mol. The summed E-state index contributed by atoms with van der Waals surface area (Å²) >= 11 is 0. The van der Waals surface area contributed by atoms with Crippen LogP contribution in [-0.2, 0) is 16.8 Å². The van der Waals surface area contributed by atoms with E-state index >= 15 is 0 Å². The number of nitrogens with two attached hydrogens (primary N) is 1. The minimum atomic E-state index is -0.410. The molecule has 7 heteroatoms. The van der Waals surface area contributed by atoms with Crippen LogP contribution in [-0.4, -0.2) is 22.6 Å². The van der Waals surface area contributed by atoms with E-state index in [4.69, 9.17) is 10.3 Å². The number of nitrogens with one attached hydrogen (secondary N) is 1. The highest BCUT2D eigenvalue weighted by Crippen LogP contribution is 2.34. The number of nitrogens with zero attached hydrogens (tertiary/aromatic N) is 2. The molecule has 1 aromatic rings. The largest absolute Gasteiger partial charge is 0.355 e. The lowest BCUT2D eigenvalue weighted by Crippen LogP contribution is -2.34. The number of aromatic nitrogens is 2. The Morgan fingerprint density at radius 2 is 1.91 bits per heavy atom. The molecule has 0 aliphatic heterocycles. The van der Waals surface area contributed by atoms with Crippen LogP contribution in [0.1, 0.15) is 69.5 Å². The number of hydrogen-bond donors (Lipinski definition) is 2. The van der Waals surface area contributed by atoms with Crippen LogP contribution in [0, 0.1) is 5.92 Å². The van der Waals surface area contributed by atoms with Crippen LogP contribution < -0.4 is 11.1 Å². The summed E-state index contributed by atoms with van der Waals surface area (Å²) in [4.78, 5) is 16.5. The molecule has 3 N–H and O–H groups in total. The molecule has 23 heavy (non-hydrogen) atoms. The average Bonchev–Trinajstić information content (AvgIpc) is 3.18. The van der Waals surface area contributed by atoms with Gasteiger partial charge in [-0.2, -0.15) is 4.98 Å². The summed E-state index contributed by atoms with van der Waals surface area (Å²) in [7, 11) is 0. The van der Waals surface area contributed by atoms with Crippen molar-refractivity contribution >= 4 is 18.3 Å². The van der Waals surface area contributed by atoms with Crippen LogP contribution in [0.15, 0.2) is 4.52 Å². The van der Waals surface area contributed by atoms with Crippen LogP contribution in [0.5, 0.6) is 0 Å². The SMILES string of the molecule is Cl.NC1(c2noc(CCNC(=O)C3CCCCC3)n2)CCCC1. The van der Waals surface area contributed by atoms with Gasteiger partial charge in [-0.25, -0.2) is 0 Å². The van der Waals surface area contributed by atoms with E-state index in [-0.39, 0.29) is 24.2 Å². The maximum Gasteiger partial charge on any atom is 0.228 e. The fourth-order valence-corrected chi connectivity index (χ4v) is 3.59.